The molecule has 0 spiro atoms. The van der Waals surface area contributed by atoms with Gasteiger partial charge >= 0.3 is 0 Å². The molecule has 0 aliphatic heterocycles. The summed E-state index contributed by atoms with van der Waals surface area (Å²) in [5.74, 6) is 1.42. The van der Waals surface area contributed by atoms with E-state index in [1.807, 2.05) is 0 Å². The van der Waals surface area contributed by atoms with E-state index in [0.717, 1.165) is 13.1 Å². The monoisotopic (exact) mass is 290 g/mol. The van der Waals surface area contributed by atoms with Crippen LogP contribution in [0.1, 0.15) is 51.8 Å². The van der Waals surface area contributed by atoms with E-state index in [2.05, 4.69) is 76.0 Å². The molecule has 0 aromatic heterocycles. The van der Waals surface area contributed by atoms with Gasteiger partial charge in [-0.1, -0.05) is 58.9 Å². The SMILES string of the molecule is CCNC(CN(CC(C)C)CC(C)C)c1ccccc1C. The Kier molecular flexibility index (Phi) is 7.98. The van der Waals surface area contributed by atoms with Gasteiger partial charge in [0.05, 0.1) is 0 Å². The highest BCUT2D eigenvalue weighted by Crippen LogP contribution is 2.19. The minimum absolute atomic E-state index is 0.425. The van der Waals surface area contributed by atoms with Crippen molar-refractivity contribution in [1.82, 2.24) is 10.2 Å². The van der Waals surface area contributed by atoms with E-state index in [9.17, 15) is 0 Å². The van der Waals surface area contributed by atoms with Crippen LogP contribution >= 0.6 is 0 Å². The van der Waals surface area contributed by atoms with E-state index in [0.29, 0.717) is 17.9 Å². The number of hydrogen-bond donors (Lipinski definition) is 1. The van der Waals surface area contributed by atoms with E-state index in [-0.39, 0.29) is 0 Å². The topological polar surface area (TPSA) is 15.3 Å². The van der Waals surface area contributed by atoms with Crippen LogP contribution in [0.3, 0.4) is 0 Å². The molecule has 2 heteroatoms. The number of aryl methyl sites for hydroxylation is 1. The predicted molar refractivity (Wildman–Crippen MR) is 93.7 cm³/mol. The highest BCUT2D eigenvalue weighted by Gasteiger charge is 2.18. The fourth-order valence-electron chi connectivity index (χ4n) is 3.01. The Labute approximate surface area is 131 Å². The first-order chi connectivity index (χ1) is 9.93. The van der Waals surface area contributed by atoms with Crippen LogP contribution in [0.5, 0.6) is 0 Å². The first-order valence-corrected chi connectivity index (χ1v) is 8.45. The van der Waals surface area contributed by atoms with Gasteiger partial charge in [-0.2, -0.15) is 0 Å². The zero-order valence-corrected chi connectivity index (χ0v) is 14.8. The summed E-state index contributed by atoms with van der Waals surface area (Å²) < 4.78 is 0. The molecule has 1 aromatic carbocycles. The summed E-state index contributed by atoms with van der Waals surface area (Å²) in [7, 11) is 0. The molecular formula is C19H34N2. The maximum Gasteiger partial charge on any atom is 0.0451 e. The van der Waals surface area contributed by atoms with Crippen LogP contribution in [0, 0.1) is 18.8 Å². The van der Waals surface area contributed by atoms with Gasteiger partial charge in [-0.25, -0.2) is 0 Å². The van der Waals surface area contributed by atoms with Crippen molar-refractivity contribution in [2.45, 2.75) is 47.6 Å². The van der Waals surface area contributed by atoms with Crippen LogP contribution in [0.2, 0.25) is 0 Å². The first kappa shape index (κ1) is 18.2. The average molecular weight is 290 g/mol. The molecule has 0 bridgehead atoms. The zero-order valence-electron chi connectivity index (χ0n) is 14.8. The molecule has 1 aromatic rings. The van der Waals surface area contributed by atoms with Crippen LogP contribution in [0.25, 0.3) is 0 Å². The molecule has 0 aliphatic rings. The molecule has 0 radical (unpaired) electrons. The van der Waals surface area contributed by atoms with Crippen molar-refractivity contribution in [2.24, 2.45) is 11.8 Å². The Morgan fingerprint density at radius 1 is 0.952 bits per heavy atom. The lowest BCUT2D eigenvalue weighted by atomic mass is 10.00. The molecule has 21 heavy (non-hydrogen) atoms. The van der Waals surface area contributed by atoms with Crippen molar-refractivity contribution in [2.75, 3.05) is 26.2 Å². The average Bonchev–Trinajstić information content (AvgIpc) is 2.37. The van der Waals surface area contributed by atoms with E-state index < -0.39 is 0 Å². The van der Waals surface area contributed by atoms with Gasteiger partial charge in [0, 0.05) is 25.7 Å². The third-order valence-corrected chi connectivity index (χ3v) is 3.70. The van der Waals surface area contributed by atoms with E-state index in [1.165, 1.54) is 24.2 Å². The van der Waals surface area contributed by atoms with Gasteiger partial charge in [-0.05, 0) is 36.4 Å². The van der Waals surface area contributed by atoms with Crippen molar-refractivity contribution >= 4 is 0 Å². The van der Waals surface area contributed by atoms with Crippen LogP contribution in [0.15, 0.2) is 24.3 Å². The molecule has 1 rings (SSSR count). The zero-order chi connectivity index (χ0) is 15.8. The lowest BCUT2D eigenvalue weighted by Crippen LogP contribution is -2.39. The summed E-state index contributed by atoms with van der Waals surface area (Å²) in [6, 6.07) is 9.19. The summed E-state index contributed by atoms with van der Waals surface area (Å²) in [5, 5.41) is 3.68. The Balaban J connectivity index is 2.85. The molecule has 2 nitrogen and oxygen atoms in total. The first-order valence-electron chi connectivity index (χ1n) is 8.45. The molecule has 120 valence electrons. The Bertz CT molecular complexity index is 388. The third kappa shape index (κ3) is 6.62. The molecule has 0 aliphatic carbocycles. The number of hydrogen-bond acceptors (Lipinski definition) is 2. The predicted octanol–water partition coefficient (Wildman–Crippen LogP) is 4.26. The summed E-state index contributed by atoms with van der Waals surface area (Å²) in [6.45, 7) is 18.1. The van der Waals surface area contributed by atoms with Gasteiger partial charge in [-0.15, -0.1) is 0 Å². The minimum Gasteiger partial charge on any atom is -0.309 e. The Morgan fingerprint density at radius 3 is 2.00 bits per heavy atom. The quantitative estimate of drug-likeness (QED) is 0.731. The molecule has 0 heterocycles. The lowest BCUT2D eigenvalue weighted by molar-refractivity contribution is 0.198. The van der Waals surface area contributed by atoms with Gasteiger partial charge < -0.3 is 10.2 Å². The van der Waals surface area contributed by atoms with Crippen molar-refractivity contribution in [3.05, 3.63) is 35.4 Å². The highest BCUT2D eigenvalue weighted by molar-refractivity contribution is 5.29. The molecule has 1 unspecified atom stereocenters. The second kappa shape index (κ2) is 9.22. The van der Waals surface area contributed by atoms with E-state index in [4.69, 9.17) is 0 Å². The van der Waals surface area contributed by atoms with E-state index in [1.54, 1.807) is 0 Å². The number of nitrogens with zero attached hydrogens (tertiary/aromatic N) is 1. The molecule has 0 saturated carbocycles. The largest absolute Gasteiger partial charge is 0.309 e. The fourth-order valence-corrected chi connectivity index (χ4v) is 3.01. The Hall–Kier alpha value is -0.860. The summed E-state index contributed by atoms with van der Waals surface area (Å²) in [6.07, 6.45) is 0. The molecule has 0 fully saturated rings. The van der Waals surface area contributed by atoms with Crippen LogP contribution in [-0.2, 0) is 0 Å². The normalized spacial score (nSPS) is 13.4. The van der Waals surface area contributed by atoms with Gasteiger partial charge in [-0.3, -0.25) is 0 Å². The standard InChI is InChI=1S/C19H34N2/c1-7-20-19(18-11-9-8-10-17(18)6)14-21(12-15(2)3)13-16(4)5/h8-11,15-16,19-20H,7,12-14H2,1-6H3. The van der Waals surface area contributed by atoms with Crippen LogP contribution < -0.4 is 5.32 Å². The lowest BCUT2D eigenvalue weighted by Gasteiger charge is -2.31. The molecule has 0 saturated heterocycles. The highest BCUT2D eigenvalue weighted by atomic mass is 15.2. The van der Waals surface area contributed by atoms with E-state index >= 15 is 0 Å². The Morgan fingerprint density at radius 2 is 1.52 bits per heavy atom. The minimum atomic E-state index is 0.425. The summed E-state index contributed by atoms with van der Waals surface area (Å²) in [4.78, 5) is 2.62. The van der Waals surface area contributed by atoms with Crippen LogP contribution in [0.4, 0.5) is 0 Å². The molecule has 1 N–H and O–H groups in total. The fraction of sp³-hybridized carbons (Fsp3) is 0.684. The number of nitrogens with one attached hydrogen (secondary N) is 1. The smallest absolute Gasteiger partial charge is 0.0451 e. The van der Waals surface area contributed by atoms with Crippen molar-refractivity contribution < 1.29 is 0 Å². The number of likely N-dealkylation sites (N-methyl/N-ethyl adjacent to an activating group) is 1. The van der Waals surface area contributed by atoms with Gasteiger partial charge in [0.2, 0.25) is 0 Å². The molecule has 0 amide bonds. The second-order valence-electron chi connectivity index (χ2n) is 6.97. The molecule has 1 atom stereocenters. The third-order valence-electron chi connectivity index (χ3n) is 3.70. The number of benzene rings is 1. The second-order valence-corrected chi connectivity index (χ2v) is 6.97. The van der Waals surface area contributed by atoms with Gasteiger partial charge in [0.1, 0.15) is 0 Å². The molecular weight excluding hydrogens is 256 g/mol. The van der Waals surface area contributed by atoms with Crippen LogP contribution in [-0.4, -0.2) is 31.1 Å². The van der Waals surface area contributed by atoms with Crippen molar-refractivity contribution in [3.63, 3.8) is 0 Å². The van der Waals surface area contributed by atoms with Crippen molar-refractivity contribution in [3.8, 4) is 0 Å². The maximum absolute atomic E-state index is 3.68. The van der Waals surface area contributed by atoms with Crippen molar-refractivity contribution in [1.29, 1.82) is 0 Å². The van der Waals surface area contributed by atoms with Gasteiger partial charge in [0.15, 0.2) is 0 Å². The maximum atomic E-state index is 3.68. The summed E-state index contributed by atoms with van der Waals surface area (Å²) >= 11 is 0. The number of rotatable bonds is 9. The van der Waals surface area contributed by atoms with Gasteiger partial charge in [0.25, 0.3) is 0 Å². The summed E-state index contributed by atoms with van der Waals surface area (Å²) in [5.41, 5.74) is 2.83.